The van der Waals surface area contributed by atoms with Gasteiger partial charge in [-0.25, -0.2) is 4.98 Å². The fourth-order valence-electron chi connectivity index (χ4n) is 1.64. The Morgan fingerprint density at radius 2 is 2.05 bits per heavy atom. The maximum Gasteiger partial charge on any atom is 0.269 e. The smallest absolute Gasteiger partial charge is 0.269 e. The first-order valence-electron chi connectivity index (χ1n) is 6.14. The fraction of sp³-hybridized carbons (Fsp3) is 0.308. The van der Waals surface area contributed by atoms with Crippen molar-refractivity contribution >= 4 is 29.9 Å². The Morgan fingerprint density at radius 1 is 1.35 bits per heavy atom. The molecule has 108 valence electrons. The number of nitro groups is 1. The molecular formula is C13H16ClN3O2S. The Morgan fingerprint density at radius 3 is 2.65 bits per heavy atom. The van der Waals surface area contributed by atoms with Crippen LogP contribution in [0.4, 0.5) is 5.69 Å². The van der Waals surface area contributed by atoms with Gasteiger partial charge in [-0.15, -0.1) is 12.4 Å². The van der Waals surface area contributed by atoms with E-state index in [0.29, 0.717) is 0 Å². The van der Waals surface area contributed by atoms with E-state index in [0.717, 1.165) is 29.4 Å². The Labute approximate surface area is 128 Å². The molecule has 0 radical (unpaired) electrons. The van der Waals surface area contributed by atoms with Crippen LogP contribution in [-0.2, 0) is 6.54 Å². The number of hydrogen-bond acceptors (Lipinski definition) is 4. The molecule has 0 saturated heterocycles. The highest BCUT2D eigenvalue weighted by Gasteiger charge is 2.07. The van der Waals surface area contributed by atoms with Crippen LogP contribution in [0.1, 0.15) is 19.8 Å². The van der Waals surface area contributed by atoms with Gasteiger partial charge in [-0.05, 0) is 18.6 Å². The zero-order valence-corrected chi connectivity index (χ0v) is 12.7. The van der Waals surface area contributed by atoms with Crippen LogP contribution in [0, 0.1) is 10.1 Å². The number of halogens is 1. The van der Waals surface area contributed by atoms with Gasteiger partial charge in [-0.2, -0.15) is 0 Å². The number of nitro benzene ring substituents is 1. The summed E-state index contributed by atoms with van der Waals surface area (Å²) in [6, 6.07) is 6.53. The maximum atomic E-state index is 10.6. The lowest BCUT2D eigenvalue weighted by molar-refractivity contribution is -0.384. The van der Waals surface area contributed by atoms with Gasteiger partial charge >= 0.3 is 0 Å². The van der Waals surface area contributed by atoms with E-state index in [1.54, 1.807) is 18.3 Å². The average Bonchev–Trinajstić information content (AvgIpc) is 2.84. The molecule has 0 aliphatic rings. The highest BCUT2D eigenvalue weighted by atomic mass is 35.5. The Bertz CT molecular complexity index is 557. The Balaban J connectivity index is 0.00000200. The van der Waals surface area contributed by atoms with Crippen LogP contribution < -0.4 is 0 Å². The van der Waals surface area contributed by atoms with Crippen molar-refractivity contribution in [3.05, 3.63) is 46.8 Å². The summed E-state index contributed by atoms with van der Waals surface area (Å²) < 4.78 is 2.11. The van der Waals surface area contributed by atoms with Crippen molar-refractivity contribution in [2.45, 2.75) is 36.4 Å². The largest absolute Gasteiger partial charge is 0.326 e. The van der Waals surface area contributed by atoms with Gasteiger partial charge in [0.1, 0.15) is 0 Å². The first-order chi connectivity index (χ1) is 9.20. The molecule has 0 aliphatic heterocycles. The van der Waals surface area contributed by atoms with Crippen molar-refractivity contribution in [2.24, 2.45) is 0 Å². The minimum atomic E-state index is -0.392. The first kappa shape index (κ1) is 16.5. The molecule has 0 spiro atoms. The van der Waals surface area contributed by atoms with E-state index in [1.165, 1.54) is 23.9 Å². The molecule has 0 amide bonds. The van der Waals surface area contributed by atoms with Crippen molar-refractivity contribution in [1.29, 1.82) is 0 Å². The second kappa shape index (κ2) is 7.91. The topological polar surface area (TPSA) is 61.0 Å². The van der Waals surface area contributed by atoms with Crippen molar-refractivity contribution in [3.63, 3.8) is 0 Å². The second-order valence-electron chi connectivity index (χ2n) is 4.11. The van der Waals surface area contributed by atoms with Crippen molar-refractivity contribution < 1.29 is 4.92 Å². The molecule has 0 saturated carbocycles. The average molecular weight is 314 g/mol. The van der Waals surface area contributed by atoms with Gasteiger partial charge in [0.15, 0.2) is 5.16 Å². The predicted molar refractivity (Wildman–Crippen MR) is 81.6 cm³/mol. The molecule has 0 atom stereocenters. The molecule has 0 fully saturated rings. The zero-order chi connectivity index (χ0) is 13.7. The van der Waals surface area contributed by atoms with Crippen molar-refractivity contribution in [1.82, 2.24) is 9.55 Å². The molecule has 7 heteroatoms. The minimum Gasteiger partial charge on any atom is -0.326 e. The summed E-state index contributed by atoms with van der Waals surface area (Å²) >= 11 is 1.52. The van der Waals surface area contributed by atoms with Crippen LogP contribution in [0.3, 0.4) is 0 Å². The van der Waals surface area contributed by atoms with Crippen LogP contribution in [0.2, 0.25) is 0 Å². The number of rotatable bonds is 6. The quantitative estimate of drug-likeness (QED) is 0.593. The van der Waals surface area contributed by atoms with E-state index in [2.05, 4.69) is 16.5 Å². The molecule has 0 unspecified atom stereocenters. The lowest BCUT2D eigenvalue weighted by atomic mass is 10.3. The van der Waals surface area contributed by atoms with Gasteiger partial charge < -0.3 is 4.57 Å². The number of benzene rings is 1. The third-order valence-corrected chi connectivity index (χ3v) is 3.72. The van der Waals surface area contributed by atoms with E-state index < -0.39 is 4.92 Å². The number of non-ortho nitro benzene ring substituents is 1. The summed E-state index contributed by atoms with van der Waals surface area (Å²) in [4.78, 5) is 15.5. The van der Waals surface area contributed by atoms with Crippen LogP contribution >= 0.6 is 24.2 Å². The molecule has 0 bridgehead atoms. The Kier molecular flexibility index (Phi) is 6.54. The summed E-state index contributed by atoms with van der Waals surface area (Å²) in [6.45, 7) is 3.10. The lowest BCUT2D eigenvalue weighted by Crippen LogP contribution is -1.97. The molecular weight excluding hydrogens is 298 g/mol. The highest BCUT2D eigenvalue weighted by molar-refractivity contribution is 7.99. The molecule has 1 aromatic carbocycles. The maximum absolute atomic E-state index is 10.6. The summed E-state index contributed by atoms with van der Waals surface area (Å²) in [6.07, 6.45) is 6.00. The van der Waals surface area contributed by atoms with Gasteiger partial charge in [0.05, 0.1) is 4.92 Å². The SMILES string of the molecule is CCCCn1ccnc1Sc1ccc([N+](=O)[O-])cc1.Cl. The molecule has 1 heterocycles. The number of imidazole rings is 1. The van der Waals surface area contributed by atoms with Crippen LogP contribution in [0.5, 0.6) is 0 Å². The summed E-state index contributed by atoms with van der Waals surface area (Å²) in [5, 5.41) is 11.5. The molecule has 2 aromatic rings. The predicted octanol–water partition coefficient (Wildman–Crippen LogP) is 4.16. The fourth-order valence-corrected chi connectivity index (χ4v) is 2.51. The van der Waals surface area contributed by atoms with E-state index in [1.807, 2.05) is 6.20 Å². The third-order valence-electron chi connectivity index (χ3n) is 2.69. The summed E-state index contributed by atoms with van der Waals surface area (Å²) in [5.41, 5.74) is 0.110. The number of hydrogen-bond donors (Lipinski definition) is 0. The Hall–Kier alpha value is -1.53. The number of nitrogens with zero attached hydrogens (tertiary/aromatic N) is 3. The normalized spacial score (nSPS) is 10.1. The van der Waals surface area contributed by atoms with Gasteiger partial charge in [-0.3, -0.25) is 10.1 Å². The molecule has 0 N–H and O–H groups in total. The van der Waals surface area contributed by atoms with Crippen molar-refractivity contribution in [3.8, 4) is 0 Å². The monoisotopic (exact) mass is 313 g/mol. The first-order valence-corrected chi connectivity index (χ1v) is 6.96. The van der Waals surface area contributed by atoms with E-state index in [-0.39, 0.29) is 18.1 Å². The van der Waals surface area contributed by atoms with Gasteiger partial charge in [0.2, 0.25) is 0 Å². The molecule has 2 rings (SSSR count). The second-order valence-corrected chi connectivity index (χ2v) is 5.15. The van der Waals surface area contributed by atoms with Crippen LogP contribution in [0.25, 0.3) is 0 Å². The minimum absolute atomic E-state index is 0. The van der Waals surface area contributed by atoms with E-state index >= 15 is 0 Å². The van der Waals surface area contributed by atoms with Gasteiger partial charge in [-0.1, -0.05) is 25.1 Å². The van der Waals surface area contributed by atoms with Crippen LogP contribution in [0.15, 0.2) is 46.7 Å². The standard InChI is InChI=1S/C13H15N3O2S.ClH/c1-2-3-9-15-10-8-14-13(15)19-12-6-4-11(5-7-12)16(17)18;/h4-8,10H,2-3,9H2,1H3;1H. The number of aryl methyl sites for hydroxylation is 1. The van der Waals surface area contributed by atoms with E-state index in [9.17, 15) is 10.1 Å². The molecule has 5 nitrogen and oxygen atoms in total. The molecule has 1 aromatic heterocycles. The molecule has 0 aliphatic carbocycles. The lowest BCUT2D eigenvalue weighted by Gasteiger charge is -2.06. The summed E-state index contributed by atoms with van der Waals surface area (Å²) in [5.74, 6) is 0. The highest BCUT2D eigenvalue weighted by Crippen LogP contribution is 2.27. The van der Waals surface area contributed by atoms with Gasteiger partial charge in [0, 0.05) is 36.0 Å². The molecule has 20 heavy (non-hydrogen) atoms. The number of aromatic nitrogens is 2. The third kappa shape index (κ3) is 4.25. The number of unbranched alkanes of at least 4 members (excludes halogenated alkanes) is 1. The van der Waals surface area contributed by atoms with Gasteiger partial charge in [0.25, 0.3) is 5.69 Å². The zero-order valence-electron chi connectivity index (χ0n) is 11.1. The van der Waals surface area contributed by atoms with Crippen molar-refractivity contribution in [2.75, 3.05) is 0 Å². The van der Waals surface area contributed by atoms with E-state index in [4.69, 9.17) is 0 Å². The van der Waals surface area contributed by atoms with Crippen LogP contribution in [-0.4, -0.2) is 14.5 Å². The summed E-state index contributed by atoms with van der Waals surface area (Å²) in [7, 11) is 0.